The van der Waals surface area contributed by atoms with Crippen LogP contribution in [0.2, 0.25) is 5.02 Å². The van der Waals surface area contributed by atoms with Crippen molar-refractivity contribution in [1.82, 2.24) is 15.3 Å². The number of amides is 1. The monoisotopic (exact) mass is 369 g/mol. The number of nitrogens with zero attached hydrogens (tertiary/aromatic N) is 2. The van der Waals surface area contributed by atoms with Crippen LogP contribution < -0.4 is 5.32 Å². The van der Waals surface area contributed by atoms with Gasteiger partial charge in [0.2, 0.25) is 11.8 Å². The molecule has 0 atom stereocenters. The number of carbonyl (C=O) groups excluding carboxylic acids is 1. The molecule has 0 bridgehead atoms. The first-order chi connectivity index (χ1) is 12.6. The van der Waals surface area contributed by atoms with Crippen LogP contribution in [-0.2, 0) is 17.6 Å². The second-order valence-corrected chi connectivity index (χ2v) is 6.46. The molecule has 0 saturated carbocycles. The lowest BCUT2D eigenvalue weighted by Gasteiger charge is -2.04. The number of pyridine rings is 1. The number of oxazole rings is 1. The van der Waals surface area contributed by atoms with Gasteiger partial charge in [-0.2, -0.15) is 0 Å². The van der Waals surface area contributed by atoms with Crippen molar-refractivity contribution in [3.05, 3.63) is 70.8 Å². The number of aromatic nitrogens is 2. The summed E-state index contributed by atoms with van der Waals surface area (Å²) in [6.45, 7) is 2.43. The summed E-state index contributed by atoms with van der Waals surface area (Å²) < 4.78 is 5.68. The number of hydrogen-bond acceptors (Lipinski definition) is 4. The van der Waals surface area contributed by atoms with Crippen molar-refractivity contribution in [1.29, 1.82) is 0 Å². The zero-order valence-electron chi connectivity index (χ0n) is 14.5. The molecule has 1 amide bonds. The lowest BCUT2D eigenvalue weighted by molar-refractivity contribution is -0.120. The van der Waals surface area contributed by atoms with Crippen LogP contribution in [0.25, 0.3) is 11.5 Å². The van der Waals surface area contributed by atoms with Crippen molar-refractivity contribution in [3.63, 3.8) is 0 Å². The second-order valence-electron chi connectivity index (χ2n) is 6.02. The molecule has 0 unspecified atom stereocenters. The summed E-state index contributed by atoms with van der Waals surface area (Å²) in [6.07, 6.45) is 5.54. The fourth-order valence-electron chi connectivity index (χ4n) is 2.62. The average molecular weight is 370 g/mol. The fourth-order valence-corrected chi connectivity index (χ4v) is 2.81. The molecule has 0 spiro atoms. The van der Waals surface area contributed by atoms with Gasteiger partial charge in [0.1, 0.15) is 5.76 Å². The van der Waals surface area contributed by atoms with Gasteiger partial charge in [-0.25, -0.2) is 4.98 Å². The van der Waals surface area contributed by atoms with Gasteiger partial charge in [0.15, 0.2) is 0 Å². The number of benzene rings is 1. The SMILES string of the molecule is Cc1oc(-c2cccc(Cl)c2)nc1CC(=O)NCCCc1cccnc1. The number of aryl methyl sites for hydroxylation is 2. The molecule has 5 nitrogen and oxygen atoms in total. The first-order valence-corrected chi connectivity index (χ1v) is 8.87. The maximum absolute atomic E-state index is 12.1. The maximum Gasteiger partial charge on any atom is 0.226 e. The Morgan fingerprint density at radius 1 is 1.27 bits per heavy atom. The van der Waals surface area contributed by atoms with Crippen molar-refractivity contribution >= 4 is 17.5 Å². The van der Waals surface area contributed by atoms with Gasteiger partial charge in [-0.1, -0.05) is 23.7 Å². The molecule has 1 aromatic carbocycles. The van der Waals surface area contributed by atoms with Crippen LogP contribution >= 0.6 is 11.6 Å². The summed E-state index contributed by atoms with van der Waals surface area (Å²) in [5.41, 5.74) is 2.61. The third kappa shape index (κ3) is 4.92. The molecule has 26 heavy (non-hydrogen) atoms. The zero-order chi connectivity index (χ0) is 18.4. The van der Waals surface area contributed by atoms with E-state index in [0.29, 0.717) is 28.9 Å². The van der Waals surface area contributed by atoms with E-state index >= 15 is 0 Å². The van der Waals surface area contributed by atoms with Crippen LogP contribution in [0.1, 0.15) is 23.4 Å². The highest BCUT2D eigenvalue weighted by Gasteiger charge is 2.14. The fraction of sp³-hybridized carbons (Fsp3) is 0.250. The van der Waals surface area contributed by atoms with Gasteiger partial charge >= 0.3 is 0 Å². The Morgan fingerprint density at radius 3 is 2.92 bits per heavy atom. The summed E-state index contributed by atoms with van der Waals surface area (Å²) in [5.74, 6) is 1.06. The molecule has 6 heteroatoms. The van der Waals surface area contributed by atoms with Crippen molar-refractivity contribution in [2.45, 2.75) is 26.2 Å². The first kappa shape index (κ1) is 18.1. The maximum atomic E-state index is 12.1. The third-order valence-corrected chi connectivity index (χ3v) is 4.21. The van der Waals surface area contributed by atoms with Crippen LogP contribution in [0.15, 0.2) is 53.2 Å². The van der Waals surface area contributed by atoms with Crippen molar-refractivity contribution in [2.75, 3.05) is 6.54 Å². The molecule has 0 aliphatic rings. The van der Waals surface area contributed by atoms with Gasteiger partial charge < -0.3 is 9.73 Å². The minimum atomic E-state index is -0.0646. The molecule has 0 radical (unpaired) electrons. The zero-order valence-corrected chi connectivity index (χ0v) is 15.3. The van der Waals surface area contributed by atoms with Crippen LogP contribution in [0.3, 0.4) is 0 Å². The predicted octanol–water partition coefficient (Wildman–Crippen LogP) is 3.99. The lowest BCUT2D eigenvalue weighted by atomic mass is 10.1. The largest absolute Gasteiger partial charge is 0.441 e. The molecule has 0 aliphatic carbocycles. The normalized spacial score (nSPS) is 10.7. The van der Waals surface area contributed by atoms with Gasteiger partial charge in [-0.3, -0.25) is 9.78 Å². The Labute approximate surface area is 157 Å². The molecule has 0 aliphatic heterocycles. The molecule has 0 fully saturated rings. The summed E-state index contributed by atoms with van der Waals surface area (Å²) in [6, 6.07) is 11.2. The number of rotatable bonds is 7. The van der Waals surface area contributed by atoms with Crippen LogP contribution in [0, 0.1) is 6.92 Å². The highest BCUT2D eigenvalue weighted by Crippen LogP contribution is 2.24. The van der Waals surface area contributed by atoms with Crippen LogP contribution in [0.5, 0.6) is 0 Å². The van der Waals surface area contributed by atoms with Gasteiger partial charge in [-0.05, 0) is 49.6 Å². The van der Waals surface area contributed by atoms with E-state index in [-0.39, 0.29) is 12.3 Å². The molecule has 3 aromatic rings. The highest BCUT2D eigenvalue weighted by atomic mass is 35.5. The van der Waals surface area contributed by atoms with E-state index in [0.717, 1.165) is 18.4 Å². The standard InChI is InChI=1S/C20H20ClN3O2/c1-14-18(24-20(26-14)16-7-2-8-17(21)11-16)12-19(25)23-10-4-6-15-5-3-9-22-13-15/h2-3,5,7-9,11,13H,4,6,10,12H2,1H3,(H,23,25). The van der Waals surface area contributed by atoms with Crippen molar-refractivity contribution in [3.8, 4) is 11.5 Å². The molecule has 2 heterocycles. The van der Waals surface area contributed by atoms with E-state index in [1.807, 2.05) is 37.4 Å². The first-order valence-electron chi connectivity index (χ1n) is 8.49. The average Bonchev–Trinajstić information content (AvgIpc) is 3.00. The Kier molecular flexibility index (Phi) is 6.02. The Balaban J connectivity index is 1.51. The van der Waals surface area contributed by atoms with Crippen molar-refractivity contribution < 1.29 is 9.21 Å². The summed E-state index contributed by atoms with van der Waals surface area (Å²) in [5, 5.41) is 3.54. The quantitative estimate of drug-likeness (QED) is 0.639. The van der Waals surface area contributed by atoms with Crippen LogP contribution in [0.4, 0.5) is 0 Å². The third-order valence-electron chi connectivity index (χ3n) is 3.98. The van der Waals surface area contributed by atoms with Crippen LogP contribution in [-0.4, -0.2) is 22.4 Å². The van der Waals surface area contributed by atoms with Gasteiger partial charge in [0.25, 0.3) is 0 Å². The summed E-state index contributed by atoms with van der Waals surface area (Å²) in [7, 11) is 0. The number of halogens is 1. The predicted molar refractivity (Wildman–Crippen MR) is 101 cm³/mol. The van der Waals surface area contributed by atoms with E-state index < -0.39 is 0 Å². The molecule has 134 valence electrons. The van der Waals surface area contributed by atoms with E-state index in [9.17, 15) is 4.79 Å². The number of carbonyl (C=O) groups is 1. The van der Waals surface area contributed by atoms with Crippen molar-refractivity contribution in [2.24, 2.45) is 0 Å². The topological polar surface area (TPSA) is 68.0 Å². The molecule has 0 saturated heterocycles. The van der Waals surface area contributed by atoms with E-state index in [4.69, 9.17) is 16.0 Å². The minimum absolute atomic E-state index is 0.0646. The molecular formula is C20H20ClN3O2. The Morgan fingerprint density at radius 2 is 2.15 bits per heavy atom. The van der Waals surface area contributed by atoms with Gasteiger partial charge in [0, 0.05) is 29.5 Å². The molecule has 3 rings (SSSR count). The lowest BCUT2D eigenvalue weighted by Crippen LogP contribution is -2.26. The highest BCUT2D eigenvalue weighted by molar-refractivity contribution is 6.30. The Bertz CT molecular complexity index is 878. The minimum Gasteiger partial charge on any atom is -0.441 e. The van der Waals surface area contributed by atoms with Gasteiger partial charge in [-0.15, -0.1) is 0 Å². The Hall–Kier alpha value is -2.66. The smallest absolute Gasteiger partial charge is 0.226 e. The second kappa shape index (κ2) is 8.63. The summed E-state index contributed by atoms with van der Waals surface area (Å²) >= 11 is 6.00. The molecule has 2 aromatic heterocycles. The summed E-state index contributed by atoms with van der Waals surface area (Å²) in [4.78, 5) is 20.7. The van der Waals surface area contributed by atoms with Gasteiger partial charge in [0.05, 0.1) is 12.1 Å². The van der Waals surface area contributed by atoms with E-state index in [1.165, 1.54) is 5.56 Å². The molecule has 1 N–H and O–H groups in total. The molecular weight excluding hydrogens is 350 g/mol. The number of hydrogen-bond donors (Lipinski definition) is 1. The van der Waals surface area contributed by atoms with E-state index in [1.54, 1.807) is 18.3 Å². The number of nitrogens with one attached hydrogen (secondary N) is 1. The van der Waals surface area contributed by atoms with E-state index in [2.05, 4.69) is 15.3 Å².